The monoisotopic (exact) mass is 370 g/mol. The molecular weight excluding hydrogens is 348 g/mol. The van der Waals surface area contributed by atoms with Gasteiger partial charge in [0.05, 0.1) is 10.6 Å². The first-order chi connectivity index (χ1) is 10.5. The van der Waals surface area contributed by atoms with Crippen molar-refractivity contribution in [2.45, 2.75) is 26.1 Å². The number of β-amino-alcohol motifs (C(OH)–C–C–N with tert-alkyl or cyclic N) is 1. The van der Waals surface area contributed by atoms with Crippen LogP contribution in [-0.4, -0.2) is 42.9 Å². The first-order valence-electron chi connectivity index (χ1n) is 7.56. The molecule has 0 saturated carbocycles. The lowest BCUT2D eigenvalue weighted by atomic mass is 10.0. The van der Waals surface area contributed by atoms with Crippen LogP contribution >= 0.6 is 15.9 Å². The molecule has 1 aromatic rings. The Balaban J connectivity index is 1.95. The number of rotatable bonds is 6. The zero-order chi connectivity index (χ0) is 16.1. The number of nitrogens with one attached hydrogen (secondary N) is 2. The number of para-hydroxylation sites is 1. The van der Waals surface area contributed by atoms with Gasteiger partial charge in [-0.2, -0.15) is 0 Å². The minimum atomic E-state index is -0.565. The highest BCUT2D eigenvalue weighted by Crippen LogP contribution is 2.26. The average molecular weight is 371 g/mol. The summed E-state index contributed by atoms with van der Waals surface area (Å²) in [4.78, 5) is 12.4. The molecule has 1 amide bonds. The number of amides is 1. The molecule has 0 aliphatic carbocycles. The highest BCUT2D eigenvalue weighted by molar-refractivity contribution is 9.10. The molecule has 3 atom stereocenters. The summed E-state index contributed by atoms with van der Waals surface area (Å²) < 4.78 is 6.70. The highest BCUT2D eigenvalue weighted by atomic mass is 79.9. The first kappa shape index (κ1) is 17.2. The van der Waals surface area contributed by atoms with E-state index in [2.05, 4.69) is 26.6 Å². The van der Waals surface area contributed by atoms with Crippen LogP contribution in [0.2, 0.25) is 0 Å². The van der Waals surface area contributed by atoms with Gasteiger partial charge >= 0.3 is 0 Å². The fraction of sp³-hybridized carbons (Fsp3) is 0.562. The molecule has 3 N–H and O–H groups in total. The van der Waals surface area contributed by atoms with Crippen molar-refractivity contribution < 1.29 is 14.6 Å². The van der Waals surface area contributed by atoms with Crippen LogP contribution in [0.4, 0.5) is 0 Å². The lowest BCUT2D eigenvalue weighted by molar-refractivity contribution is -0.130. The Kier molecular flexibility index (Phi) is 6.23. The summed E-state index contributed by atoms with van der Waals surface area (Å²) in [6.07, 6.45) is -0.966. The van der Waals surface area contributed by atoms with E-state index in [0.717, 1.165) is 11.0 Å². The maximum atomic E-state index is 12.4. The van der Waals surface area contributed by atoms with Crippen molar-refractivity contribution in [2.75, 3.05) is 19.6 Å². The lowest BCUT2D eigenvalue weighted by Crippen LogP contribution is -2.44. The van der Waals surface area contributed by atoms with Gasteiger partial charge in [-0.3, -0.25) is 4.79 Å². The van der Waals surface area contributed by atoms with Gasteiger partial charge in [-0.25, -0.2) is 0 Å². The van der Waals surface area contributed by atoms with E-state index in [1.807, 2.05) is 38.1 Å². The number of ether oxygens (including phenoxy) is 1. The van der Waals surface area contributed by atoms with Gasteiger partial charge in [-0.05, 0) is 34.0 Å². The number of benzene rings is 1. The van der Waals surface area contributed by atoms with E-state index < -0.39 is 12.2 Å². The van der Waals surface area contributed by atoms with E-state index in [0.29, 0.717) is 18.8 Å². The van der Waals surface area contributed by atoms with E-state index in [-0.39, 0.29) is 17.7 Å². The maximum Gasteiger partial charge on any atom is 0.261 e. The number of carbonyl (C=O) groups excluding carboxylic acids is 1. The Morgan fingerprint density at radius 1 is 1.45 bits per heavy atom. The molecule has 6 heteroatoms. The fourth-order valence-electron chi connectivity index (χ4n) is 2.43. The Hall–Kier alpha value is -1.11. The van der Waals surface area contributed by atoms with Gasteiger partial charge in [0.15, 0.2) is 6.10 Å². The van der Waals surface area contributed by atoms with Crippen LogP contribution in [0.5, 0.6) is 5.75 Å². The summed E-state index contributed by atoms with van der Waals surface area (Å²) in [5.41, 5.74) is 0. The van der Waals surface area contributed by atoms with Crippen molar-refractivity contribution in [3.8, 4) is 5.75 Å². The number of halogens is 1. The molecular formula is C16H23BrN2O3. The van der Waals surface area contributed by atoms with Crippen molar-refractivity contribution in [3.63, 3.8) is 0 Å². The summed E-state index contributed by atoms with van der Waals surface area (Å²) in [6, 6.07) is 7.48. The van der Waals surface area contributed by atoms with Crippen LogP contribution in [0.1, 0.15) is 13.8 Å². The summed E-state index contributed by atoms with van der Waals surface area (Å²) in [5.74, 6) is 0.600. The summed E-state index contributed by atoms with van der Waals surface area (Å²) in [6.45, 7) is 5.66. The maximum absolute atomic E-state index is 12.4. The minimum absolute atomic E-state index is 0.0405. The molecule has 1 fully saturated rings. The molecule has 1 aliphatic heterocycles. The molecule has 0 aromatic heterocycles. The third kappa shape index (κ3) is 4.44. The molecule has 1 aromatic carbocycles. The quantitative estimate of drug-likeness (QED) is 0.710. The Morgan fingerprint density at radius 3 is 2.77 bits per heavy atom. The number of carbonyl (C=O) groups is 1. The van der Waals surface area contributed by atoms with Crippen molar-refractivity contribution >= 4 is 21.8 Å². The highest BCUT2D eigenvalue weighted by Gasteiger charge is 2.29. The van der Waals surface area contributed by atoms with Crippen molar-refractivity contribution in [1.82, 2.24) is 10.6 Å². The molecule has 1 saturated heterocycles. The van der Waals surface area contributed by atoms with Crippen LogP contribution in [0.25, 0.3) is 0 Å². The van der Waals surface area contributed by atoms with E-state index in [9.17, 15) is 9.90 Å². The fourth-order valence-corrected chi connectivity index (χ4v) is 2.81. The largest absolute Gasteiger partial charge is 0.479 e. The van der Waals surface area contributed by atoms with Crippen LogP contribution in [0.3, 0.4) is 0 Å². The second-order valence-corrected chi connectivity index (χ2v) is 6.80. The van der Waals surface area contributed by atoms with Gasteiger partial charge < -0.3 is 20.5 Å². The molecule has 1 heterocycles. The molecule has 0 spiro atoms. The van der Waals surface area contributed by atoms with E-state index >= 15 is 0 Å². The van der Waals surface area contributed by atoms with Crippen molar-refractivity contribution in [3.05, 3.63) is 28.7 Å². The Bertz CT molecular complexity index is 510. The first-order valence-corrected chi connectivity index (χ1v) is 8.36. The Labute approximate surface area is 139 Å². The minimum Gasteiger partial charge on any atom is -0.479 e. The molecule has 3 unspecified atom stereocenters. The van der Waals surface area contributed by atoms with Gasteiger partial charge in [-0.1, -0.05) is 26.0 Å². The second kappa shape index (κ2) is 7.94. The third-order valence-corrected chi connectivity index (χ3v) is 4.45. The summed E-state index contributed by atoms with van der Waals surface area (Å²) in [7, 11) is 0. The topological polar surface area (TPSA) is 70.6 Å². The zero-order valence-electron chi connectivity index (χ0n) is 12.9. The third-order valence-electron chi connectivity index (χ3n) is 3.80. The molecule has 1 aliphatic rings. The standard InChI is InChI=1S/C16H23BrN2O3/c1-10(2)15(22-14-6-4-3-5-12(14)17)16(21)19-8-11-7-18-9-13(11)20/h3-6,10-11,13,15,18,20H,7-9H2,1-2H3,(H,19,21). The van der Waals surface area contributed by atoms with E-state index in [1.165, 1.54) is 0 Å². The normalized spacial score (nSPS) is 22.6. The summed E-state index contributed by atoms with van der Waals surface area (Å²) >= 11 is 3.43. The van der Waals surface area contributed by atoms with Crippen LogP contribution in [0, 0.1) is 11.8 Å². The van der Waals surface area contributed by atoms with Gasteiger partial charge in [-0.15, -0.1) is 0 Å². The number of hydrogen-bond acceptors (Lipinski definition) is 4. The van der Waals surface area contributed by atoms with E-state index in [4.69, 9.17) is 4.74 Å². The molecule has 5 nitrogen and oxygen atoms in total. The smallest absolute Gasteiger partial charge is 0.261 e. The number of hydrogen-bond donors (Lipinski definition) is 3. The molecule has 0 radical (unpaired) electrons. The van der Waals surface area contributed by atoms with Gasteiger partial charge in [0, 0.05) is 25.6 Å². The molecule has 0 bridgehead atoms. The van der Waals surface area contributed by atoms with Gasteiger partial charge in [0.2, 0.25) is 0 Å². The molecule has 122 valence electrons. The van der Waals surface area contributed by atoms with Gasteiger partial charge in [0.1, 0.15) is 5.75 Å². The van der Waals surface area contributed by atoms with Crippen LogP contribution in [-0.2, 0) is 4.79 Å². The Morgan fingerprint density at radius 2 is 2.18 bits per heavy atom. The summed E-state index contributed by atoms with van der Waals surface area (Å²) in [5, 5.41) is 15.8. The van der Waals surface area contributed by atoms with Gasteiger partial charge in [0.25, 0.3) is 5.91 Å². The average Bonchev–Trinajstić information content (AvgIpc) is 2.89. The molecule has 2 rings (SSSR count). The lowest BCUT2D eigenvalue weighted by Gasteiger charge is -2.23. The second-order valence-electron chi connectivity index (χ2n) is 5.94. The zero-order valence-corrected chi connectivity index (χ0v) is 14.5. The SMILES string of the molecule is CC(C)C(Oc1ccccc1Br)C(=O)NCC1CNCC1O. The number of aliphatic hydroxyl groups is 1. The van der Waals surface area contributed by atoms with Crippen LogP contribution < -0.4 is 15.4 Å². The van der Waals surface area contributed by atoms with Crippen LogP contribution in [0.15, 0.2) is 28.7 Å². The van der Waals surface area contributed by atoms with Crippen molar-refractivity contribution in [1.29, 1.82) is 0 Å². The van der Waals surface area contributed by atoms with Crippen molar-refractivity contribution in [2.24, 2.45) is 11.8 Å². The molecule has 22 heavy (non-hydrogen) atoms. The van der Waals surface area contributed by atoms with E-state index in [1.54, 1.807) is 0 Å². The number of aliphatic hydroxyl groups excluding tert-OH is 1. The predicted molar refractivity (Wildman–Crippen MR) is 88.8 cm³/mol. The predicted octanol–water partition coefficient (Wildman–Crippen LogP) is 1.55.